The molecule has 0 unspecified atom stereocenters. The van der Waals surface area contributed by atoms with Crippen LogP contribution in [0.3, 0.4) is 0 Å². The van der Waals surface area contributed by atoms with Crippen molar-refractivity contribution < 1.29 is 12.8 Å². The summed E-state index contributed by atoms with van der Waals surface area (Å²) < 4.78 is 40.7. The number of hydrogen-bond acceptors (Lipinski definition) is 4. The van der Waals surface area contributed by atoms with E-state index in [1.807, 2.05) is 0 Å². The molecule has 0 saturated heterocycles. The Morgan fingerprint density at radius 3 is 2.37 bits per heavy atom. The molecule has 0 radical (unpaired) electrons. The number of nitrogens with one attached hydrogen (secondary N) is 1. The summed E-state index contributed by atoms with van der Waals surface area (Å²) in [5.41, 5.74) is 0.616. The van der Waals surface area contributed by atoms with Gasteiger partial charge in [0.25, 0.3) is 10.0 Å². The first kappa shape index (κ1) is 19.1. The van der Waals surface area contributed by atoms with Gasteiger partial charge in [-0.2, -0.15) is 5.26 Å². The summed E-state index contributed by atoms with van der Waals surface area (Å²) in [6.45, 7) is 0. The van der Waals surface area contributed by atoms with Crippen molar-refractivity contribution in [2.75, 3.05) is 4.72 Å². The van der Waals surface area contributed by atoms with Crippen molar-refractivity contribution in [3.8, 4) is 17.3 Å². The molecule has 0 bridgehead atoms. The number of pyridine rings is 1. The summed E-state index contributed by atoms with van der Waals surface area (Å²) in [5, 5.41) is 9.50. The first-order valence-electron chi connectivity index (χ1n) is 7.45. The number of anilines is 1. The number of sulfonamides is 1. The van der Waals surface area contributed by atoms with Crippen LogP contribution in [0.15, 0.2) is 59.5 Å². The lowest BCUT2D eigenvalue weighted by molar-refractivity contribution is 0.601. The zero-order chi connectivity index (χ0) is 19.6. The average Bonchev–Trinajstić information content (AvgIpc) is 2.62. The monoisotopic (exact) mass is 421 g/mol. The van der Waals surface area contributed by atoms with Gasteiger partial charge in [0.2, 0.25) is 0 Å². The van der Waals surface area contributed by atoms with Crippen LogP contribution in [0.1, 0.15) is 5.69 Å². The molecule has 9 heteroatoms. The first-order chi connectivity index (χ1) is 12.8. The molecule has 0 fully saturated rings. The number of nitrogens with zero attached hydrogens (tertiary/aromatic N) is 2. The van der Waals surface area contributed by atoms with Crippen molar-refractivity contribution in [3.63, 3.8) is 0 Å². The smallest absolute Gasteiger partial charge is 0.261 e. The molecule has 0 saturated carbocycles. The molecule has 0 aliphatic heterocycles. The molecule has 1 heterocycles. The van der Waals surface area contributed by atoms with Crippen molar-refractivity contribution in [2.45, 2.75) is 4.90 Å². The van der Waals surface area contributed by atoms with Crippen LogP contribution in [-0.4, -0.2) is 13.4 Å². The Bertz CT molecular complexity index is 1160. The lowest BCUT2D eigenvalue weighted by Crippen LogP contribution is -2.12. The number of aromatic nitrogens is 1. The van der Waals surface area contributed by atoms with Crippen molar-refractivity contribution in [1.82, 2.24) is 4.98 Å². The molecular weight excluding hydrogens is 412 g/mol. The SMILES string of the molecule is N#Cc1nc(-c2ccc(NS(=O)(=O)c3ccc(Cl)cc3)cc2Cl)ccc1F. The van der Waals surface area contributed by atoms with E-state index in [1.165, 1.54) is 48.5 Å². The summed E-state index contributed by atoms with van der Waals surface area (Å²) in [6.07, 6.45) is 0. The molecule has 0 aliphatic rings. The van der Waals surface area contributed by atoms with Gasteiger partial charge in [-0.15, -0.1) is 0 Å². The molecule has 27 heavy (non-hydrogen) atoms. The highest BCUT2D eigenvalue weighted by molar-refractivity contribution is 7.92. The van der Waals surface area contributed by atoms with Gasteiger partial charge in [0, 0.05) is 10.6 Å². The highest BCUT2D eigenvalue weighted by Gasteiger charge is 2.16. The number of hydrogen-bond donors (Lipinski definition) is 1. The second-order valence-corrected chi connectivity index (χ2v) is 7.92. The predicted molar refractivity (Wildman–Crippen MR) is 102 cm³/mol. The third-order valence-electron chi connectivity index (χ3n) is 3.57. The van der Waals surface area contributed by atoms with E-state index in [4.69, 9.17) is 28.5 Å². The molecule has 0 spiro atoms. The number of nitriles is 1. The van der Waals surface area contributed by atoms with Crippen molar-refractivity contribution in [3.05, 3.63) is 76.2 Å². The van der Waals surface area contributed by atoms with E-state index in [-0.39, 0.29) is 21.3 Å². The van der Waals surface area contributed by atoms with Gasteiger partial charge in [-0.05, 0) is 54.6 Å². The largest absolute Gasteiger partial charge is 0.280 e. The predicted octanol–water partition coefficient (Wildman–Crippen LogP) is 4.87. The molecule has 3 aromatic rings. The van der Waals surface area contributed by atoms with E-state index in [1.54, 1.807) is 6.07 Å². The Kier molecular flexibility index (Phi) is 5.33. The van der Waals surface area contributed by atoms with Gasteiger partial charge in [0.1, 0.15) is 6.07 Å². The standard InChI is InChI=1S/C18H10Cl2FN3O2S/c19-11-1-4-13(5-2-11)27(25,26)24-12-3-6-14(15(20)9-12)17-8-7-16(21)18(10-22)23-17/h1-9,24H. The Morgan fingerprint density at radius 1 is 1.04 bits per heavy atom. The molecule has 1 N–H and O–H groups in total. The maximum Gasteiger partial charge on any atom is 0.261 e. The maximum atomic E-state index is 13.4. The zero-order valence-corrected chi connectivity index (χ0v) is 15.8. The van der Waals surface area contributed by atoms with E-state index < -0.39 is 15.8 Å². The highest BCUT2D eigenvalue weighted by atomic mass is 35.5. The second kappa shape index (κ2) is 7.53. The van der Waals surface area contributed by atoms with Crippen molar-refractivity contribution in [1.29, 1.82) is 5.26 Å². The lowest BCUT2D eigenvalue weighted by atomic mass is 10.1. The summed E-state index contributed by atoms with van der Waals surface area (Å²) in [4.78, 5) is 3.96. The van der Waals surface area contributed by atoms with Crippen LogP contribution < -0.4 is 4.72 Å². The van der Waals surface area contributed by atoms with Crippen LogP contribution in [0.2, 0.25) is 10.0 Å². The van der Waals surface area contributed by atoms with E-state index in [0.29, 0.717) is 16.3 Å². The molecule has 3 rings (SSSR count). The van der Waals surface area contributed by atoms with Crippen LogP contribution in [0.25, 0.3) is 11.3 Å². The molecule has 2 aromatic carbocycles. The Labute approximate surface area is 165 Å². The topological polar surface area (TPSA) is 82.8 Å². The number of rotatable bonds is 4. The molecule has 0 amide bonds. The van der Waals surface area contributed by atoms with Crippen LogP contribution in [0.4, 0.5) is 10.1 Å². The van der Waals surface area contributed by atoms with E-state index in [9.17, 15) is 12.8 Å². The molecule has 1 aromatic heterocycles. The minimum Gasteiger partial charge on any atom is -0.280 e. The summed E-state index contributed by atoms with van der Waals surface area (Å²) in [5.74, 6) is -0.732. The summed E-state index contributed by atoms with van der Waals surface area (Å²) in [6, 6.07) is 14.3. The fourth-order valence-corrected chi connectivity index (χ4v) is 3.74. The highest BCUT2D eigenvalue weighted by Crippen LogP contribution is 2.30. The lowest BCUT2D eigenvalue weighted by Gasteiger charge is -2.11. The molecule has 0 atom stereocenters. The van der Waals surface area contributed by atoms with Gasteiger partial charge in [0.15, 0.2) is 11.5 Å². The van der Waals surface area contributed by atoms with Gasteiger partial charge >= 0.3 is 0 Å². The third kappa shape index (κ3) is 4.19. The second-order valence-electron chi connectivity index (χ2n) is 5.39. The summed E-state index contributed by atoms with van der Waals surface area (Å²) >= 11 is 12.0. The van der Waals surface area contributed by atoms with Gasteiger partial charge < -0.3 is 0 Å². The molecule has 136 valence electrons. The molecule has 0 aliphatic carbocycles. The van der Waals surface area contributed by atoms with E-state index in [2.05, 4.69) is 9.71 Å². The summed E-state index contributed by atoms with van der Waals surface area (Å²) in [7, 11) is -3.82. The van der Waals surface area contributed by atoms with E-state index in [0.717, 1.165) is 6.07 Å². The Hall–Kier alpha value is -2.66. The third-order valence-corrected chi connectivity index (χ3v) is 5.53. The molecular formula is C18H10Cl2FN3O2S. The van der Waals surface area contributed by atoms with E-state index >= 15 is 0 Å². The van der Waals surface area contributed by atoms with Crippen LogP contribution in [0, 0.1) is 17.1 Å². The first-order valence-corrected chi connectivity index (χ1v) is 9.69. The van der Waals surface area contributed by atoms with Crippen LogP contribution in [-0.2, 0) is 10.0 Å². The average molecular weight is 422 g/mol. The Morgan fingerprint density at radius 2 is 1.74 bits per heavy atom. The normalized spacial score (nSPS) is 11.0. The Balaban J connectivity index is 1.91. The van der Waals surface area contributed by atoms with Gasteiger partial charge in [-0.25, -0.2) is 17.8 Å². The number of halogens is 3. The van der Waals surface area contributed by atoms with Gasteiger partial charge in [-0.3, -0.25) is 4.72 Å². The quantitative estimate of drug-likeness (QED) is 0.651. The van der Waals surface area contributed by atoms with Crippen LogP contribution >= 0.6 is 23.2 Å². The van der Waals surface area contributed by atoms with Crippen molar-refractivity contribution >= 4 is 38.9 Å². The minimum atomic E-state index is -3.82. The van der Waals surface area contributed by atoms with Gasteiger partial charge in [0.05, 0.1) is 21.3 Å². The van der Waals surface area contributed by atoms with Gasteiger partial charge in [-0.1, -0.05) is 23.2 Å². The van der Waals surface area contributed by atoms with Crippen molar-refractivity contribution in [2.24, 2.45) is 0 Å². The molecule has 5 nitrogen and oxygen atoms in total. The zero-order valence-electron chi connectivity index (χ0n) is 13.4. The fraction of sp³-hybridized carbons (Fsp3) is 0. The maximum absolute atomic E-state index is 13.4. The number of benzene rings is 2. The van der Waals surface area contributed by atoms with Crippen LogP contribution in [0.5, 0.6) is 0 Å². The minimum absolute atomic E-state index is 0.0472. The fourth-order valence-electron chi connectivity index (χ4n) is 2.28.